The number of hydrogen-bond donors (Lipinski definition) is 6. The van der Waals surface area contributed by atoms with Gasteiger partial charge in [0.1, 0.15) is 66.5 Å². The lowest BCUT2D eigenvalue weighted by Gasteiger charge is -2.41. The van der Waals surface area contributed by atoms with Gasteiger partial charge in [0, 0.05) is 61.9 Å². The Balaban J connectivity index is 4.38. The maximum absolute atomic E-state index is 15.2. The van der Waals surface area contributed by atoms with E-state index in [0.717, 1.165) is 14.7 Å². The van der Waals surface area contributed by atoms with Gasteiger partial charge in [-0.2, -0.15) is 0 Å². The second-order valence-corrected chi connectivity index (χ2v) is 25.9. The molecule has 11 amide bonds. The van der Waals surface area contributed by atoms with Gasteiger partial charge in [0.25, 0.3) is 0 Å². The summed E-state index contributed by atoms with van der Waals surface area (Å²) in [4.78, 5) is 169. The summed E-state index contributed by atoms with van der Waals surface area (Å²) < 4.78 is 0. The van der Waals surface area contributed by atoms with E-state index in [2.05, 4.69) is 21.3 Å². The highest BCUT2D eigenvalue weighted by Gasteiger charge is 2.46. The van der Waals surface area contributed by atoms with Gasteiger partial charge < -0.3 is 65.8 Å². The molecule has 1 aliphatic rings. The van der Waals surface area contributed by atoms with E-state index >= 15 is 9.59 Å². The number of aliphatic hydroxyl groups is 2. The molecule has 0 aromatic carbocycles. The molecule has 1 heterocycles. The Morgan fingerprint density at radius 2 is 0.884 bits per heavy atom. The Kier molecular flexibility index (Phi) is 31.7. The summed E-state index contributed by atoms with van der Waals surface area (Å²) in [5.74, 6) is -11.2. The summed E-state index contributed by atoms with van der Waals surface area (Å²) in [6.45, 7) is 28.2. The van der Waals surface area contributed by atoms with Crippen molar-refractivity contribution in [1.82, 2.24) is 55.6 Å². The zero-order valence-corrected chi connectivity index (χ0v) is 56.4. The predicted octanol–water partition coefficient (Wildman–Crippen LogP) is 2.24. The number of carbonyl (C=O) groups is 11. The standard InChI is InChI=1S/C62H111N11O13/c1-25-27-28-38(13)51(75)50-55(79)65-43(26-2)58(82)67(18)42(17)57(81)72(23)49(39(14)32-74)54(78)66-47(36(9)10)61(85)68(19)44(29-33(3)4)53(77)63-40(15)52(76)64-41(16)56(80)69(20)45(30-34(5)6)59(83)70(21)46(31-35(7)8)60(84)71(22)48(37(11)12)62(86)73(50)24/h25,27,33-51,74-75H,26,28-32H2,1-24H3,(H,63,77)(H,64,76)(H,65,79)(H,66,78)/b27-25+/t38-,39+,40+,41-,42-,43+,44+,45+,46+,47+,48+,49+,50+,51-/m1/s1. The molecule has 0 aromatic heterocycles. The van der Waals surface area contributed by atoms with Crippen LogP contribution in [0.5, 0.6) is 0 Å². The minimum absolute atomic E-state index is 0.0179. The number of hydrogen-bond acceptors (Lipinski definition) is 13. The molecule has 0 unspecified atom stereocenters. The monoisotopic (exact) mass is 1220 g/mol. The zero-order valence-electron chi connectivity index (χ0n) is 56.4. The van der Waals surface area contributed by atoms with Crippen molar-refractivity contribution in [3.8, 4) is 0 Å². The highest BCUT2D eigenvalue weighted by atomic mass is 16.3. The first-order chi connectivity index (χ1) is 39.7. The summed E-state index contributed by atoms with van der Waals surface area (Å²) in [6, 6.07) is -14.2. The van der Waals surface area contributed by atoms with Crippen LogP contribution in [0.25, 0.3) is 0 Å². The molecule has 492 valence electrons. The first-order valence-corrected chi connectivity index (χ1v) is 30.7. The number of allylic oxidation sites excluding steroid dienone is 2. The van der Waals surface area contributed by atoms with Crippen LogP contribution in [0.15, 0.2) is 12.2 Å². The van der Waals surface area contributed by atoms with Gasteiger partial charge >= 0.3 is 0 Å². The smallest absolute Gasteiger partial charge is 0.246 e. The summed E-state index contributed by atoms with van der Waals surface area (Å²) in [5, 5.41) is 33.4. The van der Waals surface area contributed by atoms with Gasteiger partial charge in [-0.05, 0) is 95.3 Å². The molecule has 86 heavy (non-hydrogen) atoms. The molecule has 0 aliphatic carbocycles. The van der Waals surface area contributed by atoms with Crippen molar-refractivity contribution in [3.05, 3.63) is 12.2 Å². The van der Waals surface area contributed by atoms with Crippen molar-refractivity contribution in [1.29, 1.82) is 0 Å². The van der Waals surface area contributed by atoms with Crippen LogP contribution in [-0.2, 0) is 52.7 Å². The lowest BCUT2D eigenvalue weighted by molar-refractivity contribution is -0.157. The molecule has 0 spiro atoms. The van der Waals surface area contributed by atoms with E-state index < -0.39 is 168 Å². The third kappa shape index (κ3) is 20.5. The lowest BCUT2D eigenvalue weighted by atomic mass is 9.91. The molecular formula is C62H111N11O13. The summed E-state index contributed by atoms with van der Waals surface area (Å²) in [5.41, 5.74) is 0. The van der Waals surface area contributed by atoms with E-state index in [1.807, 2.05) is 41.5 Å². The number of nitrogens with one attached hydrogen (secondary N) is 4. The summed E-state index contributed by atoms with van der Waals surface area (Å²) in [6.07, 6.45) is 2.72. The van der Waals surface area contributed by atoms with E-state index in [1.165, 1.54) is 96.6 Å². The fourth-order valence-corrected chi connectivity index (χ4v) is 10.9. The highest BCUT2D eigenvalue weighted by Crippen LogP contribution is 2.26. The summed E-state index contributed by atoms with van der Waals surface area (Å²) in [7, 11) is 9.71. The maximum Gasteiger partial charge on any atom is 0.246 e. The molecule has 0 radical (unpaired) electrons. The van der Waals surface area contributed by atoms with E-state index in [0.29, 0.717) is 6.42 Å². The number of aliphatic hydroxyl groups excluding tert-OH is 2. The van der Waals surface area contributed by atoms with Crippen molar-refractivity contribution in [3.63, 3.8) is 0 Å². The molecular weight excluding hydrogens is 1110 g/mol. The van der Waals surface area contributed by atoms with Gasteiger partial charge in [0.15, 0.2) is 0 Å². The van der Waals surface area contributed by atoms with Crippen LogP contribution in [0.3, 0.4) is 0 Å². The van der Waals surface area contributed by atoms with Crippen LogP contribution in [0.2, 0.25) is 0 Å². The normalized spacial score (nSPS) is 27.9. The van der Waals surface area contributed by atoms with Crippen LogP contribution in [0.1, 0.15) is 150 Å². The second-order valence-electron chi connectivity index (χ2n) is 25.9. The molecule has 1 rings (SSSR count). The first-order valence-electron chi connectivity index (χ1n) is 30.7. The molecule has 14 atom stereocenters. The van der Waals surface area contributed by atoms with Gasteiger partial charge in [0.2, 0.25) is 65.0 Å². The first kappa shape index (κ1) is 77.8. The van der Waals surface area contributed by atoms with Crippen molar-refractivity contribution in [2.75, 3.05) is 55.9 Å². The Labute approximate surface area is 513 Å². The molecule has 24 nitrogen and oxygen atoms in total. The average molecular weight is 1220 g/mol. The van der Waals surface area contributed by atoms with E-state index in [4.69, 9.17) is 0 Å². The van der Waals surface area contributed by atoms with Gasteiger partial charge in [-0.1, -0.05) is 102 Å². The molecule has 0 aromatic rings. The van der Waals surface area contributed by atoms with Crippen molar-refractivity contribution in [2.24, 2.45) is 41.4 Å². The molecule has 24 heteroatoms. The molecule has 1 fully saturated rings. The van der Waals surface area contributed by atoms with Crippen LogP contribution in [0.4, 0.5) is 0 Å². The lowest BCUT2D eigenvalue weighted by Crippen LogP contribution is -2.64. The summed E-state index contributed by atoms with van der Waals surface area (Å²) >= 11 is 0. The van der Waals surface area contributed by atoms with Gasteiger partial charge in [-0.25, -0.2) is 0 Å². The van der Waals surface area contributed by atoms with Crippen LogP contribution < -0.4 is 21.3 Å². The molecule has 1 saturated heterocycles. The van der Waals surface area contributed by atoms with E-state index in [9.17, 15) is 53.4 Å². The zero-order chi connectivity index (χ0) is 66.8. The Hall–Kier alpha value is -6.17. The second kappa shape index (κ2) is 35.0. The molecule has 0 saturated carbocycles. The fraction of sp³-hybridized carbons (Fsp3) is 0.790. The molecule has 6 N–H and O–H groups in total. The fourth-order valence-electron chi connectivity index (χ4n) is 10.9. The molecule has 1 aliphatic heterocycles. The van der Waals surface area contributed by atoms with Crippen molar-refractivity contribution in [2.45, 2.75) is 222 Å². The van der Waals surface area contributed by atoms with Gasteiger partial charge in [0.05, 0.1) is 6.10 Å². The Morgan fingerprint density at radius 3 is 1.34 bits per heavy atom. The number of rotatable bonds is 15. The SMILES string of the molecule is C/C=C/C[C@@H](C)[C@@H](O)[C@H]1C(=O)N[C@@H](CC)C(=O)N(C)[C@H](C)C(=O)N(C)[C@@H]([C@@H](C)CO)C(=O)N[C@@H](C(C)C)C(=O)N(C)[C@@H](CC(C)C)C(=O)N[C@@H](C)C(=O)N[C@H](C)C(=O)N(C)[C@@H](CC(C)C)C(=O)N(C)[C@@H](CC(C)C)C(=O)N(C)[C@@H](C(C)C)C(=O)N1C. The minimum Gasteiger partial charge on any atom is -0.396 e. The topological polar surface area (TPSA) is 299 Å². The van der Waals surface area contributed by atoms with Crippen molar-refractivity contribution < 1.29 is 63.0 Å². The minimum atomic E-state index is -1.64. The van der Waals surface area contributed by atoms with Gasteiger partial charge in [-0.3, -0.25) is 52.7 Å². The van der Waals surface area contributed by atoms with Crippen molar-refractivity contribution >= 4 is 65.0 Å². The Bertz CT molecular complexity index is 2360. The third-order valence-corrected chi connectivity index (χ3v) is 16.6. The molecule has 0 bridgehead atoms. The number of nitrogens with zero attached hydrogens (tertiary/aromatic N) is 7. The van der Waals surface area contributed by atoms with E-state index in [-0.39, 0.29) is 43.4 Å². The number of likely N-dealkylation sites (N-methyl/N-ethyl adjacent to an activating group) is 7. The van der Waals surface area contributed by atoms with Crippen LogP contribution >= 0.6 is 0 Å². The number of amides is 11. The van der Waals surface area contributed by atoms with E-state index in [1.54, 1.807) is 60.6 Å². The predicted molar refractivity (Wildman–Crippen MR) is 330 cm³/mol. The average Bonchev–Trinajstić information content (AvgIpc) is 1.84. The van der Waals surface area contributed by atoms with Crippen LogP contribution in [-0.4, -0.2) is 238 Å². The van der Waals surface area contributed by atoms with Crippen LogP contribution in [0, 0.1) is 41.4 Å². The highest BCUT2D eigenvalue weighted by molar-refractivity contribution is 6.00. The largest absolute Gasteiger partial charge is 0.396 e. The maximum atomic E-state index is 15.2. The van der Waals surface area contributed by atoms with Gasteiger partial charge in [-0.15, -0.1) is 0 Å². The third-order valence-electron chi connectivity index (χ3n) is 16.6. The number of carbonyl (C=O) groups excluding carboxylic acids is 11. The quantitative estimate of drug-likeness (QED) is 0.129. The Morgan fingerprint density at radius 1 is 0.453 bits per heavy atom.